The highest BCUT2D eigenvalue weighted by atomic mass is 16.5. The summed E-state index contributed by atoms with van der Waals surface area (Å²) in [5.41, 5.74) is -0.624. The Morgan fingerprint density at radius 1 is 1.20 bits per heavy atom. The predicted molar refractivity (Wildman–Crippen MR) is 79.8 cm³/mol. The van der Waals surface area contributed by atoms with Gasteiger partial charge in [0.05, 0.1) is 20.3 Å². The fourth-order valence-corrected chi connectivity index (χ4v) is 1.94. The number of ether oxygens (including phenoxy) is 3. The summed E-state index contributed by atoms with van der Waals surface area (Å²) >= 11 is 0. The Morgan fingerprint density at radius 3 is 2.40 bits per heavy atom. The molecule has 1 unspecified atom stereocenters. The van der Waals surface area contributed by atoms with E-state index in [1.807, 2.05) is 13.8 Å². The molecule has 0 fully saturated rings. The Morgan fingerprint density at radius 2 is 1.85 bits per heavy atom. The van der Waals surface area contributed by atoms with Crippen molar-refractivity contribution < 1.29 is 19.0 Å². The lowest BCUT2D eigenvalue weighted by Crippen LogP contribution is -2.50. The minimum Gasteiger partial charge on any atom is -0.468 e. The van der Waals surface area contributed by atoms with Gasteiger partial charge in [-0.1, -0.05) is 20.8 Å². The van der Waals surface area contributed by atoms with Crippen molar-refractivity contribution in [2.45, 2.75) is 46.1 Å². The van der Waals surface area contributed by atoms with Crippen LogP contribution >= 0.6 is 0 Å². The highest BCUT2D eigenvalue weighted by molar-refractivity contribution is 5.80. The highest BCUT2D eigenvalue weighted by Gasteiger charge is 2.32. The van der Waals surface area contributed by atoms with Crippen LogP contribution in [0, 0.1) is 5.92 Å². The van der Waals surface area contributed by atoms with Gasteiger partial charge >= 0.3 is 5.97 Å². The van der Waals surface area contributed by atoms with Gasteiger partial charge in [-0.25, -0.2) is 0 Å². The molecule has 0 saturated heterocycles. The van der Waals surface area contributed by atoms with Gasteiger partial charge in [0.15, 0.2) is 0 Å². The number of hydrogen-bond donors (Lipinski definition) is 1. The zero-order valence-corrected chi connectivity index (χ0v) is 13.7. The molecule has 20 heavy (non-hydrogen) atoms. The Hall–Kier alpha value is -0.650. The molecule has 0 heterocycles. The largest absolute Gasteiger partial charge is 0.468 e. The number of methoxy groups -OCH3 is 1. The molecule has 0 amide bonds. The normalized spacial score (nSPS) is 14.3. The second kappa shape index (κ2) is 11.1. The fraction of sp³-hybridized carbons (Fsp3) is 0.933. The van der Waals surface area contributed by atoms with Crippen molar-refractivity contribution in [2.24, 2.45) is 5.92 Å². The maximum Gasteiger partial charge on any atom is 0.325 e. The number of rotatable bonds is 12. The van der Waals surface area contributed by atoms with E-state index in [-0.39, 0.29) is 5.97 Å². The lowest BCUT2D eigenvalue weighted by Gasteiger charge is -2.27. The third-order valence-corrected chi connectivity index (χ3v) is 2.99. The molecule has 0 spiro atoms. The van der Waals surface area contributed by atoms with Crippen molar-refractivity contribution in [3.8, 4) is 0 Å². The van der Waals surface area contributed by atoms with Crippen LogP contribution < -0.4 is 5.32 Å². The SMILES string of the molecule is CCNC(C)(CCCOCCOCC(C)C)C(=O)OC. The molecule has 120 valence electrons. The molecule has 5 nitrogen and oxygen atoms in total. The summed E-state index contributed by atoms with van der Waals surface area (Å²) in [5, 5.41) is 3.18. The molecule has 1 N–H and O–H groups in total. The molecule has 0 aliphatic rings. The summed E-state index contributed by atoms with van der Waals surface area (Å²) in [6, 6.07) is 0. The van der Waals surface area contributed by atoms with Crippen LogP contribution in [-0.4, -0.2) is 51.6 Å². The number of esters is 1. The number of nitrogens with one attached hydrogen (secondary N) is 1. The van der Waals surface area contributed by atoms with Crippen molar-refractivity contribution in [1.82, 2.24) is 5.32 Å². The summed E-state index contributed by atoms with van der Waals surface area (Å²) in [5.74, 6) is 0.329. The van der Waals surface area contributed by atoms with Gasteiger partial charge in [0.2, 0.25) is 0 Å². The van der Waals surface area contributed by atoms with E-state index in [2.05, 4.69) is 19.2 Å². The predicted octanol–water partition coefficient (Wildman–Crippen LogP) is 2.00. The van der Waals surface area contributed by atoms with Gasteiger partial charge in [0.1, 0.15) is 5.54 Å². The third kappa shape index (κ3) is 8.51. The van der Waals surface area contributed by atoms with Crippen LogP contribution in [0.25, 0.3) is 0 Å². The van der Waals surface area contributed by atoms with Gasteiger partial charge in [0.25, 0.3) is 0 Å². The lowest BCUT2D eigenvalue weighted by molar-refractivity contribution is -0.148. The van der Waals surface area contributed by atoms with E-state index in [1.165, 1.54) is 7.11 Å². The van der Waals surface area contributed by atoms with Crippen molar-refractivity contribution >= 4 is 5.97 Å². The first-order chi connectivity index (χ1) is 9.46. The zero-order valence-electron chi connectivity index (χ0n) is 13.7. The van der Waals surface area contributed by atoms with E-state index in [9.17, 15) is 4.79 Å². The fourth-order valence-electron chi connectivity index (χ4n) is 1.94. The van der Waals surface area contributed by atoms with Gasteiger partial charge < -0.3 is 19.5 Å². The summed E-state index contributed by atoms with van der Waals surface area (Å²) < 4.78 is 15.8. The molecular formula is C15H31NO4. The lowest BCUT2D eigenvalue weighted by atomic mass is 9.96. The Kier molecular flexibility index (Phi) is 10.7. The molecule has 0 aromatic heterocycles. The quantitative estimate of drug-likeness (QED) is 0.440. The van der Waals surface area contributed by atoms with Gasteiger partial charge in [-0.15, -0.1) is 0 Å². The average molecular weight is 289 g/mol. The van der Waals surface area contributed by atoms with Gasteiger partial charge in [-0.2, -0.15) is 0 Å². The molecule has 0 saturated carbocycles. The van der Waals surface area contributed by atoms with Crippen molar-refractivity contribution in [3.05, 3.63) is 0 Å². The Balaban J connectivity index is 3.72. The molecule has 0 rings (SSSR count). The summed E-state index contributed by atoms with van der Waals surface area (Å²) in [7, 11) is 1.42. The van der Waals surface area contributed by atoms with Crippen LogP contribution in [0.4, 0.5) is 0 Å². The number of likely N-dealkylation sites (N-methyl/N-ethyl adjacent to an activating group) is 1. The monoisotopic (exact) mass is 289 g/mol. The molecule has 0 aromatic rings. The smallest absolute Gasteiger partial charge is 0.325 e. The van der Waals surface area contributed by atoms with Gasteiger partial charge in [-0.05, 0) is 32.2 Å². The van der Waals surface area contributed by atoms with E-state index in [1.54, 1.807) is 0 Å². The minimum absolute atomic E-state index is 0.223. The highest BCUT2D eigenvalue weighted by Crippen LogP contribution is 2.14. The summed E-state index contributed by atoms with van der Waals surface area (Å²) in [6.45, 7) is 11.4. The van der Waals surface area contributed by atoms with Gasteiger partial charge in [-0.3, -0.25) is 4.79 Å². The standard InChI is InChI=1S/C15H31NO4/c1-6-16-15(4,14(17)18-5)8-7-9-19-10-11-20-12-13(2)3/h13,16H,6-12H2,1-5H3. The molecule has 0 aromatic carbocycles. The first-order valence-corrected chi connectivity index (χ1v) is 7.45. The number of hydrogen-bond acceptors (Lipinski definition) is 5. The van der Waals surface area contributed by atoms with Crippen molar-refractivity contribution in [3.63, 3.8) is 0 Å². The molecule has 0 aliphatic heterocycles. The summed E-state index contributed by atoms with van der Waals surface area (Å²) in [4.78, 5) is 11.7. The second-order valence-corrected chi connectivity index (χ2v) is 5.54. The molecule has 0 radical (unpaired) electrons. The second-order valence-electron chi connectivity index (χ2n) is 5.54. The maximum atomic E-state index is 11.7. The maximum absolute atomic E-state index is 11.7. The number of carbonyl (C=O) groups excluding carboxylic acids is 1. The topological polar surface area (TPSA) is 56.8 Å². The third-order valence-electron chi connectivity index (χ3n) is 2.99. The van der Waals surface area contributed by atoms with Crippen molar-refractivity contribution in [1.29, 1.82) is 0 Å². The van der Waals surface area contributed by atoms with Crippen LogP contribution in [-0.2, 0) is 19.0 Å². The van der Waals surface area contributed by atoms with Crippen molar-refractivity contribution in [2.75, 3.05) is 40.1 Å². The van der Waals surface area contributed by atoms with E-state index >= 15 is 0 Å². The molecule has 0 bridgehead atoms. The van der Waals surface area contributed by atoms with E-state index in [0.29, 0.717) is 32.2 Å². The van der Waals surface area contributed by atoms with Crippen LogP contribution in [0.5, 0.6) is 0 Å². The summed E-state index contributed by atoms with van der Waals surface area (Å²) in [6.07, 6.45) is 1.50. The Bertz CT molecular complexity index is 258. The molecular weight excluding hydrogens is 258 g/mol. The first-order valence-electron chi connectivity index (χ1n) is 7.45. The number of carbonyl (C=O) groups is 1. The van der Waals surface area contributed by atoms with E-state index < -0.39 is 5.54 Å². The average Bonchev–Trinajstić information content (AvgIpc) is 2.40. The molecule has 5 heteroatoms. The van der Waals surface area contributed by atoms with Crippen LogP contribution in [0.1, 0.15) is 40.5 Å². The van der Waals surface area contributed by atoms with Crippen LogP contribution in [0.3, 0.4) is 0 Å². The van der Waals surface area contributed by atoms with E-state index in [0.717, 1.165) is 19.6 Å². The molecule has 1 atom stereocenters. The molecule has 0 aliphatic carbocycles. The van der Waals surface area contributed by atoms with Crippen LogP contribution in [0.2, 0.25) is 0 Å². The minimum atomic E-state index is -0.624. The van der Waals surface area contributed by atoms with Crippen LogP contribution in [0.15, 0.2) is 0 Å². The van der Waals surface area contributed by atoms with E-state index in [4.69, 9.17) is 14.2 Å². The Labute approximate surface area is 123 Å². The first kappa shape index (κ1) is 19.4. The zero-order chi connectivity index (χ0) is 15.4. The van der Waals surface area contributed by atoms with Gasteiger partial charge in [0, 0.05) is 13.2 Å².